The Morgan fingerprint density at radius 2 is 2.06 bits per heavy atom. The highest BCUT2D eigenvalue weighted by atomic mass is 35.5. The fourth-order valence-electron chi connectivity index (χ4n) is 1.54. The third-order valence-electron chi connectivity index (χ3n) is 2.25. The zero-order valence-corrected chi connectivity index (χ0v) is 9.72. The molecular weight excluding hydrogens is 226 g/mol. The molecular formula is C12H14ClNO2. The number of nitrogens with one attached hydrogen (secondary N) is 1. The van der Waals surface area contributed by atoms with E-state index in [1.54, 1.807) is 0 Å². The van der Waals surface area contributed by atoms with Crippen LogP contribution in [-0.2, 0) is 6.54 Å². The SMILES string of the molecule is C=C(Cl)CNCc1ccc2c(c1)OCCO2. The van der Waals surface area contributed by atoms with Crippen molar-refractivity contribution in [3.8, 4) is 11.5 Å². The van der Waals surface area contributed by atoms with Gasteiger partial charge in [-0.05, 0) is 17.7 Å². The second kappa shape index (κ2) is 5.23. The fourth-order valence-corrected chi connectivity index (χ4v) is 1.63. The van der Waals surface area contributed by atoms with Gasteiger partial charge in [-0.25, -0.2) is 0 Å². The minimum Gasteiger partial charge on any atom is -0.486 e. The number of rotatable bonds is 4. The number of halogens is 1. The average Bonchev–Trinajstić information content (AvgIpc) is 2.28. The summed E-state index contributed by atoms with van der Waals surface area (Å²) in [5.41, 5.74) is 1.14. The van der Waals surface area contributed by atoms with Crippen molar-refractivity contribution < 1.29 is 9.47 Å². The highest BCUT2D eigenvalue weighted by Crippen LogP contribution is 2.30. The number of benzene rings is 1. The van der Waals surface area contributed by atoms with Crippen molar-refractivity contribution in [2.45, 2.75) is 6.54 Å². The lowest BCUT2D eigenvalue weighted by molar-refractivity contribution is 0.171. The Hall–Kier alpha value is -1.19. The lowest BCUT2D eigenvalue weighted by Gasteiger charge is -2.18. The Labute approximate surface area is 100 Å². The summed E-state index contributed by atoms with van der Waals surface area (Å²) in [6, 6.07) is 5.93. The molecule has 0 amide bonds. The second-order valence-electron chi connectivity index (χ2n) is 3.60. The van der Waals surface area contributed by atoms with Gasteiger partial charge in [-0.1, -0.05) is 24.2 Å². The van der Waals surface area contributed by atoms with Gasteiger partial charge < -0.3 is 14.8 Å². The summed E-state index contributed by atoms with van der Waals surface area (Å²) in [4.78, 5) is 0. The van der Waals surface area contributed by atoms with Crippen LogP contribution in [-0.4, -0.2) is 19.8 Å². The molecule has 0 atom stereocenters. The number of fused-ring (bicyclic) bond motifs is 1. The Bertz CT molecular complexity index is 393. The lowest BCUT2D eigenvalue weighted by Crippen LogP contribution is -2.17. The number of ether oxygens (including phenoxy) is 2. The predicted molar refractivity (Wildman–Crippen MR) is 64.1 cm³/mol. The maximum absolute atomic E-state index is 5.66. The van der Waals surface area contributed by atoms with Gasteiger partial charge in [-0.15, -0.1) is 0 Å². The maximum atomic E-state index is 5.66. The summed E-state index contributed by atoms with van der Waals surface area (Å²) >= 11 is 5.66. The van der Waals surface area contributed by atoms with Gasteiger partial charge in [0, 0.05) is 18.1 Å². The molecule has 0 spiro atoms. The summed E-state index contributed by atoms with van der Waals surface area (Å²) in [7, 11) is 0. The van der Waals surface area contributed by atoms with Gasteiger partial charge in [-0.2, -0.15) is 0 Å². The van der Waals surface area contributed by atoms with Crippen LogP contribution in [0.2, 0.25) is 0 Å². The Kier molecular flexibility index (Phi) is 3.70. The number of hydrogen-bond donors (Lipinski definition) is 1. The molecule has 1 N–H and O–H groups in total. The third-order valence-corrected chi connectivity index (χ3v) is 2.39. The van der Waals surface area contributed by atoms with E-state index in [0.717, 1.165) is 23.6 Å². The molecule has 4 heteroatoms. The minimum atomic E-state index is 0.607. The van der Waals surface area contributed by atoms with Crippen LogP contribution in [0.15, 0.2) is 29.8 Å². The molecule has 1 aromatic rings. The maximum Gasteiger partial charge on any atom is 0.161 e. The van der Waals surface area contributed by atoms with E-state index in [2.05, 4.69) is 11.9 Å². The van der Waals surface area contributed by atoms with Gasteiger partial charge >= 0.3 is 0 Å². The first kappa shape index (κ1) is 11.3. The molecule has 0 unspecified atom stereocenters. The first-order valence-corrected chi connectivity index (χ1v) is 5.56. The zero-order chi connectivity index (χ0) is 11.4. The van der Waals surface area contributed by atoms with E-state index in [9.17, 15) is 0 Å². The summed E-state index contributed by atoms with van der Waals surface area (Å²) in [5.74, 6) is 1.63. The van der Waals surface area contributed by atoms with Gasteiger partial charge in [-0.3, -0.25) is 0 Å². The van der Waals surface area contributed by atoms with Crippen LogP contribution in [0.1, 0.15) is 5.56 Å². The standard InChI is InChI=1S/C12H14ClNO2/c1-9(13)7-14-8-10-2-3-11-12(6-10)16-5-4-15-11/h2-3,6,14H,1,4-5,7-8H2. The van der Waals surface area contributed by atoms with Crippen LogP contribution in [0.5, 0.6) is 11.5 Å². The summed E-state index contributed by atoms with van der Waals surface area (Å²) < 4.78 is 10.9. The molecule has 2 rings (SSSR count). The Morgan fingerprint density at radius 1 is 1.31 bits per heavy atom. The smallest absolute Gasteiger partial charge is 0.161 e. The third kappa shape index (κ3) is 2.90. The molecule has 0 saturated carbocycles. The van der Waals surface area contributed by atoms with Gasteiger partial charge in [0.05, 0.1) is 0 Å². The zero-order valence-electron chi connectivity index (χ0n) is 8.96. The van der Waals surface area contributed by atoms with Gasteiger partial charge in [0.25, 0.3) is 0 Å². The van der Waals surface area contributed by atoms with Crippen LogP contribution in [0.4, 0.5) is 0 Å². The molecule has 1 heterocycles. The largest absolute Gasteiger partial charge is 0.486 e. The highest BCUT2D eigenvalue weighted by molar-refractivity contribution is 6.29. The van der Waals surface area contributed by atoms with Crippen LogP contribution in [0.3, 0.4) is 0 Å². The number of hydrogen-bond acceptors (Lipinski definition) is 3. The second-order valence-corrected chi connectivity index (χ2v) is 4.13. The van der Waals surface area contributed by atoms with E-state index >= 15 is 0 Å². The lowest BCUT2D eigenvalue weighted by atomic mass is 10.2. The molecule has 16 heavy (non-hydrogen) atoms. The molecule has 0 aliphatic carbocycles. The Balaban J connectivity index is 1.97. The normalized spacial score (nSPS) is 13.6. The summed E-state index contributed by atoms with van der Waals surface area (Å²) in [5, 5.41) is 3.79. The molecule has 0 aromatic heterocycles. The first-order valence-electron chi connectivity index (χ1n) is 5.18. The predicted octanol–water partition coefficient (Wildman–Crippen LogP) is 2.30. The summed E-state index contributed by atoms with van der Waals surface area (Å²) in [6.07, 6.45) is 0. The molecule has 86 valence electrons. The van der Waals surface area contributed by atoms with Crippen LogP contribution >= 0.6 is 11.6 Å². The van der Waals surface area contributed by atoms with E-state index in [1.807, 2.05) is 18.2 Å². The fraction of sp³-hybridized carbons (Fsp3) is 0.333. The molecule has 3 nitrogen and oxygen atoms in total. The molecule has 0 fully saturated rings. The first-order chi connectivity index (χ1) is 7.75. The van der Waals surface area contributed by atoms with E-state index in [0.29, 0.717) is 24.8 Å². The van der Waals surface area contributed by atoms with Crippen LogP contribution < -0.4 is 14.8 Å². The van der Waals surface area contributed by atoms with Gasteiger partial charge in [0.1, 0.15) is 13.2 Å². The highest BCUT2D eigenvalue weighted by Gasteiger charge is 2.11. The molecule has 0 radical (unpaired) electrons. The van der Waals surface area contributed by atoms with Crippen molar-refractivity contribution >= 4 is 11.6 Å². The van der Waals surface area contributed by atoms with Crippen molar-refractivity contribution in [1.82, 2.24) is 5.32 Å². The monoisotopic (exact) mass is 239 g/mol. The average molecular weight is 240 g/mol. The molecule has 0 saturated heterocycles. The molecule has 1 aliphatic heterocycles. The van der Waals surface area contributed by atoms with Crippen molar-refractivity contribution in [3.05, 3.63) is 35.4 Å². The molecule has 1 aliphatic rings. The molecule has 0 bridgehead atoms. The summed E-state index contributed by atoms with van der Waals surface area (Å²) in [6.45, 7) is 6.20. The molecule has 1 aromatic carbocycles. The van der Waals surface area contributed by atoms with Crippen LogP contribution in [0, 0.1) is 0 Å². The quantitative estimate of drug-likeness (QED) is 0.875. The van der Waals surface area contributed by atoms with Crippen molar-refractivity contribution in [2.24, 2.45) is 0 Å². The van der Waals surface area contributed by atoms with Gasteiger partial charge in [0.2, 0.25) is 0 Å². The van der Waals surface area contributed by atoms with Crippen LogP contribution in [0.25, 0.3) is 0 Å². The van der Waals surface area contributed by atoms with E-state index in [4.69, 9.17) is 21.1 Å². The van der Waals surface area contributed by atoms with Crippen molar-refractivity contribution in [3.63, 3.8) is 0 Å². The van der Waals surface area contributed by atoms with E-state index in [-0.39, 0.29) is 0 Å². The minimum absolute atomic E-state index is 0.607. The van der Waals surface area contributed by atoms with E-state index in [1.165, 1.54) is 0 Å². The van der Waals surface area contributed by atoms with E-state index < -0.39 is 0 Å². The topological polar surface area (TPSA) is 30.5 Å². The van der Waals surface area contributed by atoms with Crippen molar-refractivity contribution in [2.75, 3.05) is 19.8 Å². The van der Waals surface area contributed by atoms with Gasteiger partial charge in [0.15, 0.2) is 11.5 Å². The van der Waals surface area contributed by atoms with Crippen molar-refractivity contribution in [1.29, 1.82) is 0 Å². The Morgan fingerprint density at radius 3 is 2.81 bits per heavy atom.